The average Bonchev–Trinajstić information content (AvgIpc) is 2.81. The van der Waals surface area contributed by atoms with Gasteiger partial charge in [-0.15, -0.1) is 0 Å². The fraction of sp³-hybridized carbons (Fsp3) is 0.240. The molecular weight excluding hydrogens is 448 g/mol. The zero-order valence-corrected chi connectivity index (χ0v) is 19.0. The molecule has 1 aliphatic heterocycles. The molecule has 1 fully saturated rings. The fourth-order valence-electron chi connectivity index (χ4n) is 3.91. The molecule has 0 radical (unpaired) electrons. The number of carbonyl (C=O) groups excluding carboxylic acids is 1. The van der Waals surface area contributed by atoms with Gasteiger partial charge in [0.1, 0.15) is 5.82 Å². The molecule has 1 heterocycles. The third-order valence-corrected chi connectivity index (χ3v) is 6.48. The van der Waals surface area contributed by atoms with Gasteiger partial charge in [-0.05, 0) is 41.5 Å². The summed E-state index contributed by atoms with van der Waals surface area (Å²) in [5.41, 5.74) is 3.64. The Bertz CT molecular complexity index is 1080. The van der Waals surface area contributed by atoms with Crippen LogP contribution in [-0.4, -0.2) is 37.0 Å². The van der Waals surface area contributed by atoms with Crippen LogP contribution in [0.1, 0.15) is 21.5 Å². The van der Waals surface area contributed by atoms with Crippen LogP contribution in [-0.2, 0) is 13.1 Å². The van der Waals surface area contributed by atoms with E-state index in [0.29, 0.717) is 17.1 Å². The number of hydrogen-bond donors (Lipinski definition) is 1. The van der Waals surface area contributed by atoms with Crippen LogP contribution in [0.3, 0.4) is 0 Å². The molecule has 7 heteroatoms. The lowest BCUT2D eigenvalue weighted by molar-refractivity contribution is 0.0951. The molecule has 3 aromatic carbocycles. The first-order chi connectivity index (χ1) is 15.5. The van der Waals surface area contributed by atoms with Crippen LogP contribution >= 0.6 is 23.2 Å². The Kier molecular flexibility index (Phi) is 7.30. The van der Waals surface area contributed by atoms with E-state index in [-0.39, 0.29) is 16.7 Å². The smallest absolute Gasteiger partial charge is 0.253 e. The monoisotopic (exact) mass is 471 g/mol. The molecule has 0 bridgehead atoms. The third-order valence-electron chi connectivity index (χ3n) is 5.66. The second kappa shape index (κ2) is 10.3. The molecule has 0 aromatic heterocycles. The minimum atomic E-state index is -0.253. The second-order valence-corrected chi connectivity index (χ2v) is 8.59. The average molecular weight is 472 g/mol. The summed E-state index contributed by atoms with van der Waals surface area (Å²) >= 11 is 12.2. The number of rotatable bonds is 6. The van der Waals surface area contributed by atoms with Crippen LogP contribution in [0, 0.1) is 5.82 Å². The predicted molar refractivity (Wildman–Crippen MR) is 128 cm³/mol. The Balaban J connectivity index is 1.37. The Labute approximate surface area is 197 Å². The summed E-state index contributed by atoms with van der Waals surface area (Å²) < 4.78 is 13.1. The molecule has 32 heavy (non-hydrogen) atoms. The Morgan fingerprint density at radius 2 is 1.62 bits per heavy atom. The zero-order chi connectivity index (χ0) is 22.5. The van der Waals surface area contributed by atoms with E-state index < -0.39 is 0 Å². The van der Waals surface area contributed by atoms with Crippen LogP contribution in [0.5, 0.6) is 0 Å². The highest BCUT2D eigenvalue weighted by Gasteiger charge is 2.20. The van der Waals surface area contributed by atoms with E-state index in [1.165, 1.54) is 12.1 Å². The molecule has 1 aliphatic rings. The summed E-state index contributed by atoms with van der Waals surface area (Å²) in [4.78, 5) is 17.3. The summed E-state index contributed by atoms with van der Waals surface area (Å²) in [6.45, 7) is 4.80. The number of benzene rings is 3. The van der Waals surface area contributed by atoms with Crippen molar-refractivity contribution < 1.29 is 9.18 Å². The van der Waals surface area contributed by atoms with E-state index in [0.717, 1.165) is 49.5 Å². The first-order valence-corrected chi connectivity index (χ1v) is 11.3. The number of hydrogen-bond acceptors (Lipinski definition) is 3. The van der Waals surface area contributed by atoms with E-state index in [1.54, 1.807) is 18.2 Å². The zero-order valence-electron chi connectivity index (χ0n) is 17.5. The van der Waals surface area contributed by atoms with Gasteiger partial charge in [0.05, 0.1) is 15.6 Å². The Hall–Kier alpha value is -2.60. The van der Waals surface area contributed by atoms with E-state index in [1.807, 2.05) is 30.3 Å². The molecule has 4 nitrogen and oxygen atoms in total. The van der Waals surface area contributed by atoms with Crippen molar-refractivity contribution in [1.29, 1.82) is 0 Å². The number of piperazine rings is 1. The van der Waals surface area contributed by atoms with Crippen molar-refractivity contribution in [3.8, 4) is 0 Å². The predicted octanol–water partition coefficient (Wildman–Crippen LogP) is 5.38. The van der Waals surface area contributed by atoms with Gasteiger partial charge in [0.15, 0.2) is 0 Å². The van der Waals surface area contributed by atoms with Gasteiger partial charge in [-0.2, -0.15) is 0 Å². The Morgan fingerprint density at radius 1 is 0.906 bits per heavy atom. The lowest BCUT2D eigenvalue weighted by Gasteiger charge is -2.37. The number of nitrogens with zero attached hydrogens (tertiary/aromatic N) is 2. The van der Waals surface area contributed by atoms with E-state index >= 15 is 0 Å². The maximum atomic E-state index is 13.1. The molecule has 0 spiro atoms. The number of halogens is 3. The third kappa shape index (κ3) is 5.41. The van der Waals surface area contributed by atoms with Crippen LogP contribution in [0.4, 0.5) is 10.1 Å². The van der Waals surface area contributed by atoms with E-state index in [9.17, 15) is 9.18 Å². The van der Waals surface area contributed by atoms with Crippen LogP contribution in [0.25, 0.3) is 0 Å². The van der Waals surface area contributed by atoms with Crippen molar-refractivity contribution in [3.05, 3.63) is 99.3 Å². The lowest BCUT2D eigenvalue weighted by Crippen LogP contribution is -2.46. The molecule has 0 aliphatic carbocycles. The minimum Gasteiger partial charge on any atom is -0.369 e. The minimum absolute atomic E-state index is 0.208. The van der Waals surface area contributed by atoms with Gasteiger partial charge in [-0.3, -0.25) is 9.69 Å². The highest BCUT2D eigenvalue weighted by atomic mass is 35.5. The number of carbonyl (C=O) groups is 1. The standard InChI is InChI=1S/C25H24Cl2FN3O/c26-22-6-3-5-21(24(22)27)25(32)29-16-19-4-1-2-7-23(19)31-14-12-30(13-15-31)17-18-8-10-20(28)11-9-18/h1-11H,12-17H2,(H,29,32). The van der Waals surface area contributed by atoms with Crippen molar-refractivity contribution in [2.45, 2.75) is 13.1 Å². The fourth-order valence-corrected chi connectivity index (χ4v) is 4.30. The van der Waals surface area contributed by atoms with Crippen LogP contribution < -0.4 is 10.2 Å². The quantitative estimate of drug-likeness (QED) is 0.523. The van der Waals surface area contributed by atoms with Crippen molar-refractivity contribution in [2.24, 2.45) is 0 Å². The highest BCUT2D eigenvalue weighted by molar-refractivity contribution is 6.43. The lowest BCUT2D eigenvalue weighted by atomic mass is 10.1. The SMILES string of the molecule is O=C(NCc1ccccc1N1CCN(Cc2ccc(F)cc2)CC1)c1cccc(Cl)c1Cl. The Morgan fingerprint density at radius 3 is 2.38 bits per heavy atom. The normalized spacial score (nSPS) is 14.4. The number of anilines is 1. The van der Waals surface area contributed by atoms with Gasteiger partial charge in [-0.25, -0.2) is 4.39 Å². The van der Waals surface area contributed by atoms with E-state index in [4.69, 9.17) is 23.2 Å². The van der Waals surface area contributed by atoms with Gasteiger partial charge in [0.25, 0.3) is 5.91 Å². The molecule has 0 atom stereocenters. The molecule has 1 N–H and O–H groups in total. The molecular formula is C25H24Cl2FN3O. The number of para-hydroxylation sites is 1. The van der Waals surface area contributed by atoms with Crippen LogP contribution in [0.15, 0.2) is 66.7 Å². The summed E-state index contributed by atoms with van der Waals surface area (Å²) in [6.07, 6.45) is 0. The number of amides is 1. The van der Waals surface area contributed by atoms with Crippen LogP contribution in [0.2, 0.25) is 10.0 Å². The van der Waals surface area contributed by atoms with Crippen molar-refractivity contribution in [1.82, 2.24) is 10.2 Å². The molecule has 3 aromatic rings. The van der Waals surface area contributed by atoms with Gasteiger partial charge in [-0.1, -0.05) is 59.6 Å². The van der Waals surface area contributed by atoms with Gasteiger partial charge in [0.2, 0.25) is 0 Å². The maximum absolute atomic E-state index is 13.1. The first kappa shape index (κ1) is 22.6. The topological polar surface area (TPSA) is 35.6 Å². The molecule has 1 amide bonds. The van der Waals surface area contributed by atoms with Gasteiger partial charge in [0, 0.05) is 45.0 Å². The van der Waals surface area contributed by atoms with Crippen molar-refractivity contribution in [3.63, 3.8) is 0 Å². The molecule has 0 unspecified atom stereocenters. The largest absolute Gasteiger partial charge is 0.369 e. The molecule has 4 rings (SSSR count). The van der Waals surface area contributed by atoms with Crippen molar-refractivity contribution >= 4 is 34.8 Å². The van der Waals surface area contributed by atoms with Crippen molar-refractivity contribution in [2.75, 3.05) is 31.1 Å². The summed E-state index contributed by atoms with van der Waals surface area (Å²) in [6, 6.07) is 19.8. The second-order valence-electron chi connectivity index (χ2n) is 7.80. The summed E-state index contributed by atoms with van der Waals surface area (Å²) in [7, 11) is 0. The number of nitrogens with one attached hydrogen (secondary N) is 1. The molecule has 1 saturated heterocycles. The van der Waals surface area contributed by atoms with Gasteiger partial charge >= 0.3 is 0 Å². The summed E-state index contributed by atoms with van der Waals surface area (Å²) in [5.74, 6) is -0.462. The summed E-state index contributed by atoms with van der Waals surface area (Å²) in [5, 5.41) is 3.58. The first-order valence-electron chi connectivity index (χ1n) is 10.5. The molecule has 166 valence electrons. The van der Waals surface area contributed by atoms with Gasteiger partial charge < -0.3 is 10.2 Å². The highest BCUT2D eigenvalue weighted by Crippen LogP contribution is 2.26. The maximum Gasteiger partial charge on any atom is 0.253 e. The molecule has 0 saturated carbocycles. The van der Waals surface area contributed by atoms with E-state index in [2.05, 4.69) is 21.2 Å².